The zero-order valence-corrected chi connectivity index (χ0v) is 24.5. The van der Waals surface area contributed by atoms with Gasteiger partial charge in [-0.1, -0.05) is 77.8 Å². The van der Waals surface area contributed by atoms with Crippen molar-refractivity contribution < 1.29 is 18.0 Å². The van der Waals surface area contributed by atoms with Gasteiger partial charge in [0.1, 0.15) is 12.6 Å². The first-order valence-corrected chi connectivity index (χ1v) is 14.9. The second kappa shape index (κ2) is 13.8. The third kappa shape index (κ3) is 7.36. The van der Waals surface area contributed by atoms with Crippen molar-refractivity contribution in [2.75, 3.05) is 17.4 Å². The van der Waals surface area contributed by atoms with Gasteiger partial charge in [-0.2, -0.15) is 0 Å². The van der Waals surface area contributed by atoms with Crippen LogP contribution in [0.25, 0.3) is 0 Å². The van der Waals surface area contributed by atoms with Gasteiger partial charge in [0.15, 0.2) is 0 Å². The van der Waals surface area contributed by atoms with Crippen LogP contribution in [0.3, 0.4) is 0 Å². The van der Waals surface area contributed by atoms with Crippen LogP contribution in [0.1, 0.15) is 32.3 Å². The van der Waals surface area contributed by atoms with Gasteiger partial charge in [0.05, 0.1) is 10.6 Å². The van der Waals surface area contributed by atoms with Crippen LogP contribution in [0.2, 0.25) is 5.02 Å². The summed E-state index contributed by atoms with van der Waals surface area (Å²) in [6, 6.07) is 20.9. The quantitative estimate of drug-likeness (QED) is 0.284. The number of hydrogen-bond acceptors (Lipinski definition) is 4. The second-order valence-electron chi connectivity index (χ2n) is 8.63. The lowest BCUT2D eigenvalue weighted by Crippen LogP contribution is -2.52. The van der Waals surface area contributed by atoms with Crippen molar-refractivity contribution in [1.29, 1.82) is 0 Å². The number of carbonyl (C=O) groups excluding carboxylic acids is 2. The van der Waals surface area contributed by atoms with Crippen LogP contribution in [-0.4, -0.2) is 44.3 Å². The number of halogens is 2. The summed E-state index contributed by atoms with van der Waals surface area (Å²) in [6.45, 7) is 3.78. The van der Waals surface area contributed by atoms with E-state index in [1.54, 1.807) is 66.7 Å². The molecule has 3 aromatic carbocycles. The Morgan fingerprint density at radius 1 is 0.947 bits per heavy atom. The van der Waals surface area contributed by atoms with E-state index in [4.69, 9.17) is 11.6 Å². The number of benzene rings is 3. The topological polar surface area (TPSA) is 86.8 Å². The average Bonchev–Trinajstić information content (AvgIpc) is 2.92. The molecule has 3 rings (SSSR count). The number of hydrogen-bond donors (Lipinski definition) is 1. The summed E-state index contributed by atoms with van der Waals surface area (Å²) < 4.78 is 29.3. The van der Waals surface area contributed by atoms with E-state index in [1.165, 1.54) is 17.0 Å². The highest BCUT2D eigenvalue weighted by Crippen LogP contribution is 2.27. The molecule has 0 aliphatic rings. The van der Waals surface area contributed by atoms with Crippen molar-refractivity contribution in [3.63, 3.8) is 0 Å². The van der Waals surface area contributed by atoms with Gasteiger partial charge in [0.2, 0.25) is 11.8 Å². The molecule has 0 saturated heterocycles. The normalized spacial score (nSPS) is 12.0. The fourth-order valence-corrected chi connectivity index (χ4v) is 5.85. The molecule has 1 unspecified atom stereocenters. The van der Waals surface area contributed by atoms with Crippen molar-refractivity contribution in [1.82, 2.24) is 10.2 Å². The molecule has 38 heavy (non-hydrogen) atoms. The Morgan fingerprint density at radius 2 is 1.58 bits per heavy atom. The fourth-order valence-electron chi connectivity index (χ4n) is 3.95. The summed E-state index contributed by atoms with van der Waals surface area (Å²) >= 11 is 9.78. The van der Waals surface area contributed by atoms with Crippen LogP contribution in [0.15, 0.2) is 88.2 Å². The molecule has 0 radical (unpaired) electrons. The molecule has 0 bridgehead atoms. The highest BCUT2D eigenvalue weighted by atomic mass is 79.9. The van der Waals surface area contributed by atoms with E-state index in [1.807, 2.05) is 13.8 Å². The summed E-state index contributed by atoms with van der Waals surface area (Å²) in [6.07, 6.45) is 1.09. The minimum Gasteiger partial charge on any atom is -0.354 e. The van der Waals surface area contributed by atoms with E-state index in [0.29, 0.717) is 29.2 Å². The first kappa shape index (κ1) is 29.7. The van der Waals surface area contributed by atoms with E-state index in [2.05, 4.69) is 21.2 Å². The van der Waals surface area contributed by atoms with E-state index in [9.17, 15) is 18.0 Å². The molecule has 0 aromatic heterocycles. The molecule has 3 aromatic rings. The van der Waals surface area contributed by atoms with Crippen molar-refractivity contribution in [2.24, 2.45) is 0 Å². The molecule has 0 aliphatic heterocycles. The monoisotopic (exact) mass is 619 g/mol. The number of sulfonamides is 1. The van der Waals surface area contributed by atoms with Crippen LogP contribution in [-0.2, 0) is 26.2 Å². The van der Waals surface area contributed by atoms with Gasteiger partial charge in [-0.25, -0.2) is 8.42 Å². The Hall–Kier alpha value is -2.88. The molecule has 0 spiro atoms. The summed E-state index contributed by atoms with van der Waals surface area (Å²) in [7, 11) is -4.10. The Kier molecular flexibility index (Phi) is 10.8. The second-order valence-corrected chi connectivity index (χ2v) is 11.8. The maximum Gasteiger partial charge on any atom is 0.264 e. The number of amides is 2. The first-order valence-electron chi connectivity index (χ1n) is 12.3. The van der Waals surface area contributed by atoms with Crippen molar-refractivity contribution in [3.05, 3.63) is 93.9 Å². The van der Waals surface area contributed by atoms with Crippen molar-refractivity contribution in [2.45, 2.75) is 44.2 Å². The number of rotatable bonds is 12. The van der Waals surface area contributed by atoms with Crippen LogP contribution in [0.5, 0.6) is 0 Å². The van der Waals surface area contributed by atoms with Gasteiger partial charge >= 0.3 is 0 Å². The molecule has 202 valence electrons. The van der Waals surface area contributed by atoms with Gasteiger partial charge in [-0.05, 0) is 60.9 Å². The summed E-state index contributed by atoms with van der Waals surface area (Å²) in [5.41, 5.74) is 0.983. The van der Waals surface area contributed by atoms with Gasteiger partial charge in [-0.3, -0.25) is 13.9 Å². The lowest BCUT2D eigenvalue weighted by Gasteiger charge is -2.33. The number of nitrogens with one attached hydrogen (secondary N) is 1. The Bertz CT molecular complexity index is 1340. The van der Waals surface area contributed by atoms with Crippen LogP contribution in [0.4, 0.5) is 5.69 Å². The molecular weight excluding hydrogens is 590 g/mol. The van der Waals surface area contributed by atoms with Crippen molar-refractivity contribution >= 4 is 55.1 Å². The average molecular weight is 621 g/mol. The van der Waals surface area contributed by atoms with Gasteiger partial charge in [0.25, 0.3) is 10.0 Å². The summed E-state index contributed by atoms with van der Waals surface area (Å²) in [5, 5.41) is 3.32. The van der Waals surface area contributed by atoms with Crippen LogP contribution < -0.4 is 9.62 Å². The SMILES string of the molecule is CCCNC(=O)C(CC)N(Cc1ccccc1Cl)C(=O)CN(c1ccc(Br)cc1)S(=O)(=O)c1ccccc1. The summed E-state index contributed by atoms with van der Waals surface area (Å²) in [5.74, 6) is -0.818. The number of anilines is 1. The Balaban J connectivity index is 2.04. The predicted molar refractivity (Wildman–Crippen MR) is 154 cm³/mol. The molecule has 0 fully saturated rings. The Labute approximate surface area is 238 Å². The third-order valence-corrected chi connectivity index (χ3v) is 8.64. The maximum atomic E-state index is 14.0. The summed E-state index contributed by atoms with van der Waals surface area (Å²) in [4.78, 5) is 28.5. The predicted octanol–water partition coefficient (Wildman–Crippen LogP) is 5.63. The molecule has 1 N–H and O–H groups in total. The zero-order chi connectivity index (χ0) is 27.7. The van der Waals surface area contributed by atoms with E-state index in [-0.39, 0.29) is 17.3 Å². The molecular formula is C28H31BrClN3O4S. The largest absolute Gasteiger partial charge is 0.354 e. The van der Waals surface area contributed by atoms with Crippen LogP contribution >= 0.6 is 27.5 Å². The van der Waals surface area contributed by atoms with E-state index >= 15 is 0 Å². The molecule has 0 aliphatic carbocycles. The minimum absolute atomic E-state index is 0.0517. The molecule has 10 heteroatoms. The molecule has 1 atom stereocenters. The van der Waals surface area contributed by atoms with Gasteiger partial charge in [0, 0.05) is 22.6 Å². The first-order chi connectivity index (χ1) is 18.2. The third-order valence-electron chi connectivity index (χ3n) is 5.96. The molecule has 2 amide bonds. The molecule has 0 saturated carbocycles. The Morgan fingerprint density at radius 3 is 2.18 bits per heavy atom. The van der Waals surface area contributed by atoms with E-state index in [0.717, 1.165) is 15.2 Å². The minimum atomic E-state index is -4.10. The molecule has 7 nitrogen and oxygen atoms in total. The maximum absolute atomic E-state index is 14.0. The van der Waals surface area contributed by atoms with Crippen LogP contribution in [0, 0.1) is 0 Å². The van der Waals surface area contributed by atoms with E-state index < -0.39 is 28.5 Å². The smallest absolute Gasteiger partial charge is 0.264 e. The number of nitrogens with zero attached hydrogens (tertiary/aromatic N) is 2. The van der Waals surface area contributed by atoms with Crippen molar-refractivity contribution in [3.8, 4) is 0 Å². The fraction of sp³-hybridized carbons (Fsp3) is 0.286. The van der Waals surface area contributed by atoms with Gasteiger partial charge in [-0.15, -0.1) is 0 Å². The highest BCUT2D eigenvalue weighted by Gasteiger charge is 2.33. The lowest BCUT2D eigenvalue weighted by atomic mass is 10.1. The van der Waals surface area contributed by atoms with Gasteiger partial charge < -0.3 is 10.2 Å². The highest BCUT2D eigenvalue weighted by molar-refractivity contribution is 9.10. The standard InChI is InChI=1S/C28H31BrClN3O4S/c1-3-18-31-28(35)26(4-2)32(19-21-10-8-9-13-25(21)30)27(34)20-33(23-16-14-22(29)15-17-23)38(36,37)24-11-6-5-7-12-24/h5-17,26H,3-4,18-20H2,1-2H3,(H,31,35). The lowest BCUT2D eigenvalue weighted by molar-refractivity contribution is -0.140. The molecule has 0 heterocycles. The number of carbonyl (C=O) groups is 2. The zero-order valence-electron chi connectivity index (χ0n) is 21.3.